The second-order valence-electron chi connectivity index (χ2n) is 7.23. The van der Waals surface area contributed by atoms with E-state index in [1.54, 1.807) is 29.4 Å². The van der Waals surface area contributed by atoms with Crippen LogP contribution in [0.15, 0.2) is 41.1 Å². The smallest absolute Gasteiger partial charge is 0.274 e. The number of likely N-dealkylation sites (N-methyl/N-ethyl adjacent to an activating group) is 1. The van der Waals surface area contributed by atoms with Crippen molar-refractivity contribution >= 4 is 39.1 Å². The first-order chi connectivity index (χ1) is 14.9. The van der Waals surface area contributed by atoms with Crippen molar-refractivity contribution in [2.24, 2.45) is 0 Å². The maximum absolute atomic E-state index is 13.5. The highest BCUT2D eigenvalue weighted by atomic mass is 79.9. The number of nitrogens with zero attached hydrogens (tertiary/aromatic N) is 5. The van der Waals surface area contributed by atoms with E-state index in [-0.39, 0.29) is 17.8 Å². The van der Waals surface area contributed by atoms with Crippen LogP contribution in [0.4, 0.5) is 10.3 Å². The third-order valence-corrected chi connectivity index (χ3v) is 6.39. The van der Waals surface area contributed by atoms with E-state index in [4.69, 9.17) is 4.74 Å². The molecule has 31 heavy (non-hydrogen) atoms. The average molecular weight is 506 g/mol. The highest BCUT2D eigenvalue weighted by Crippen LogP contribution is 2.32. The topological polar surface area (TPSA) is 71.5 Å². The molecule has 0 saturated carbocycles. The first-order valence-electron chi connectivity index (χ1n) is 9.73. The van der Waals surface area contributed by atoms with Gasteiger partial charge in [-0.15, -0.1) is 11.3 Å². The number of benzene rings is 1. The van der Waals surface area contributed by atoms with Gasteiger partial charge in [-0.25, -0.2) is 19.3 Å². The molecule has 0 radical (unpaired) electrons. The van der Waals surface area contributed by atoms with Crippen molar-refractivity contribution in [3.05, 3.63) is 57.7 Å². The summed E-state index contributed by atoms with van der Waals surface area (Å²) in [7, 11) is 1.89. The number of thiazole rings is 1. The summed E-state index contributed by atoms with van der Waals surface area (Å²) in [5.41, 5.74) is 1.17. The SMILES string of the molecule is Cc1nc(C(=O)N2CCOCC2CN(C)c2ncc(Br)cn2)c(-c2ccc(F)cc2)s1. The Bertz CT molecular complexity index is 1060. The van der Waals surface area contributed by atoms with Crippen molar-refractivity contribution in [3.8, 4) is 10.4 Å². The predicted molar refractivity (Wildman–Crippen MR) is 121 cm³/mol. The van der Waals surface area contributed by atoms with E-state index in [1.165, 1.54) is 23.5 Å². The Morgan fingerprint density at radius 3 is 2.74 bits per heavy atom. The van der Waals surface area contributed by atoms with Crippen LogP contribution in [-0.4, -0.2) is 65.2 Å². The molecule has 1 saturated heterocycles. The number of hydrogen-bond donors (Lipinski definition) is 0. The Hall–Kier alpha value is -2.43. The largest absolute Gasteiger partial charge is 0.377 e. The maximum atomic E-state index is 13.5. The Balaban J connectivity index is 1.58. The molecule has 3 heterocycles. The molecule has 1 aliphatic rings. The molecule has 0 bridgehead atoms. The number of carbonyl (C=O) groups excluding carboxylic acids is 1. The average Bonchev–Trinajstić information content (AvgIpc) is 3.16. The zero-order valence-corrected chi connectivity index (χ0v) is 19.5. The van der Waals surface area contributed by atoms with E-state index in [2.05, 4.69) is 30.9 Å². The molecule has 1 atom stereocenters. The fraction of sp³-hybridized carbons (Fsp3) is 0.333. The highest BCUT2D eigenvalue weighted by molar-refractivity contribution is 9.10. The van der Waals surface area contributed by atoms with Gasteiger partial charge < -0.3 is 14.5 Å². The molecule has 2 aromatic heterocycles. The molecule has 10 heteroatoms. The van der Waals surface area contributed by atoms with E-state index in [0.29, 0.717) is 37.9 Å². The van der Waals surface area contributed by atoms with Gasteiger partial charge in [0.2, 0.25) is 5.95 Å². The summed E-state index contributed by atoms with van der Waals surface area (Å²) in [4.78, 5) is 31.1. The molecular weight excluding hydrogens is 485 g/mol. The Morgan fingerprint density at radius 1 is 1.32 bits per heavy atom. The summed E-state index contributed by atoms with van der Waals surface area (Å²) < 4.78 is 19.8. The molecule has 1 amide bonds. The van der Waals surface area contributed by atoms with Gasteiger partial charge in [0.25, 0.3) is 5.91 Å². The molecular formula is C21H21BrFN5O2S. The van der Waals surface area contributed by atoms with E-state index < -0.39 is 0 Å². The van der Waals surface area contributed by atoms with Crippen LogP contribution >= 0.6 is 27.3 Å². The molecule has 1 aromatic carbocycles. The van der Waals surface area contributed by atoms with Crippen LogP contribution in [0.5, 0.6) is 0 Å². The zero-order valence-electron chi connectivity index (χ0n) is 17.1. The van der Waals surface area contributed by atoms with Gasteiger partial charge in [-0.05, 0) is 40.5 Å². The Kier molecular flexibility index (Phi) is 6.59. The molecule has 1 aliphatic heterocycles. The van der Waals surface area contributed by atoms with Gasteiger partial charge in [0.15, 0.2) is 0 Å². The van der Waals surface area contributed by atoms with E-state index >= 15 is 0 Å². The number of hydrogen-bond acceptors (Lipinski definition) is 7. The first-order valence-corrected chi connectivity index (χ1v) is 11.3. The number of aryl methyl sites for hydroxylation is 1. The van der Waals surface area contributed by atoms with Gasteiger partial charge in [0, 0.05) is 32.5 Å². The lowest BCUT2D eigenvalue weighted by molar-refractivity contribution is 0.000296. The molecule has 3 aromatic rings. The molecule has 4 rings (SSSR count). The van der Waals surface area contributed by atoms with E-state index in [0.717, 1.165) is 19.9 Å². The zero-order chi connectivity index (χ0) is 22.0. The lowest BCUT2D eigenvalue weighted by Gasteiger charge is -2.37. The fourth-order valence-corrected chi connectivity index (χ4v) is 4.60. The third-order valence-electron chi connectivity index (χ3n) is 4.96. The standard InChI is InChI=1S/C21H21BrFN5O2S/c1-13-26-18(19(31-13)14-3-5-16(23)6-4-14)20(29)28-7-8-30-12-17(28)11-27(2)21-24-9-15(22)10-25-21/h3-6,9-10,17H,7-8,11-12H2,1-2H3. The van der Waals surface area contributed by atoms with Gasteiger partial charge in [0.1, 0.15) is 11.5 Å². The number of rotatable bonds is 5. The molecule has 1 unspecified atom stereocenters. The molecule has 0 spiro atoms. The Labute approximate surface area is 192 Å². The summed E-state index contributed by atoms with van der Waals surface area (Å²) in [6, 6.07) is 5.96. The van der Waals surface area contributed by atoms with Crippen LogP contribution in [0.2, 0.25) is 0 Å². The van der Waals surface area contributed by atoms with Crippen molar-refractivity contribution in [3.63, 3.8) is 0 Å². The van der Waals surface area contributed by atoms with Crippen molar-refractivity contribution in [1.82, 2.24) is 19.9 Å². The van der Waals surface area contributed by atoms with Crippen LogP contribution in [0, 0.1) is 12.7 Å². The van der Waals surface area contributed by atoms with Crippen LogP contribution < -0.4 is 4.90 Å². The fourth-order valence-electron chi connectivity index (χ4n) is 3.48. The minimum absolute atomic E-state index is 0.151. The van der Waals surface area contributed by atoms with Gasteiger partial charge in [0.05, 0.1) is 33.6 Å². The minimum atomic E-state index is -0.315. The van der Waals surface area contributed by atoms with Gasteiger partial charge in [-0.2, -0.15) is 0 Å². The minimum Gasteiger partial charge on any atom is -0.377 e. The van der Waals surface area contributed by atoms with Crippen LogP contribution in [-0.2, 0) is 4.74 Å². The van der Waals surface area contributed by atoms with Gasteiger partial charge in [-0.3, -0.25) is 4.79 Å². The second kappa shape index (κ2) is 9.37. The van der Waals surface area contributed by atoms with Gasteiger partial charge >= 0.3 is 0 Å². The van der Waals surface area contributed by atoms with Crippen LogP contribution in [0.1, 0.15) is 15.5 Å². The van der Waals surface area contributed by atoms with Crippen molar-refractivity contribution in [2.75, 3.05) is 38.3 Å². The third kappa shape index (κ3) is 4.91. The Morgan fingerprint density at radius 2 is 2.03 bits per heavy atom. The summed E-state index contributed by atoms with van der Waals surface area (Å²) in [5, 5.41) is 0.785. The number of amides is 1. The lowest BCUT2D eigenvalue weighted by Crippen LogP contribution is -2.53. The van der Waals surface area contributed by atoms with Crippen molar-refractivity contribution < 1.29 is 13.9 Å². The number of morpholine rings is 1. The molecule has 162 valence electrons. The molecule has 0 N–H and O–H groups in total. The van der Waals surface area contributed by atoms with Crippen LogP contribution in [0.3, 0.4) is 0 Å². The number of halogens is 2. The summed E-state index contributed by atoms with van der Waals surface area (Å²) in [5.74, 6) is 0.101. The van der Waals surface area contributed by atoms with Crippen molar-refractivity contribution in [2.45, 2.75) is 13.0 Å². The van der Waals surface area contributed by atoms with E-state index in [9.17, 15) is 9.18 Å². The number of aromatic nitrogens is 3. The summed E-state index contributed by atoms with van der Waals surface area (Å²) in [6.45, 7) is 3.74. The van der Waals surface area contributed by atoms with Crippen molar-refractivity contribution in [1.29, 1.82) is 0 Å². The van der Waals surface area contributed by atoms with Gasteiger partial charge in [-0.1, -0.05) is 12.1 Å². The molecule has 0 aliphatic carbocycles. The number of anilines is 1. The predicted octanol–water partition coefficient (Wildman–Crippen LogP) is 3.79. The second-order valence-corrected chi connectivity index (χ2v) is 9.35. The number of ether oxygens (including phenoxy) is 1. The normalized spacial score (nSPS) is 16.4. The first kappa shape index (κ1) is 21.8. The quantitative estimate of drug-likeness (QED) is 0.525. The lowest BCUT2D eigenvalue weighted by atomic mass is 10.1. The molecule has 1 fully saturated rings. The summed E-state index contributed by atoms with van der Waals surface area (Å²) in [6.07, 6.45) is 3.37. The van der Waals surface area contributed by atoms with E-state index in [1.807, 2.05) is 18.9 Å². The number of carbonyl (C=O) groups is 1. The monoisotopic (exact) mass is 505 g/mol. The maximum Gasteiger partial charge on any atom is 0.274 e. The van der Waals surface area contributed by atoms with Crippen LogP contribution in [0.25, 0.3) is 10.4 Å². The summed E-state index contributed by atoms with van der Waals surface area (Å²) >= 11 is 4.77. The highest BCUT2D eigenvalue weighted by Gasteiger charge is 2.32. The molecule has 7 nitrogen and oxygen atoms in total.